The lowest BCUT2D eigenvalue weighted by Gasteiger charge is -1.96. The Hall–Kier alpha value is -1.06. The lowest BCUT2D eigenvalue weighted by atomic mass is 10.1. The molecule has 1 aromatic rings. The van der Waals surface area contributed by atoms with Gasteiger partial charge in [0.2, 0.25) is 5.95 Å². The molecule has 0 fully saturated rings. The standard InChI is InChI=1S/C10H20N4/c1-3-4-5-6-7-8-9-12-10(11)14(2)13-9/h3-8H2,1-2H3,(H2,11,12,13). The Morgan fingerprint density at radius 3 is 2.50 bits per heavy atom. The van der Waals surface area contributed by atoms with E-state index in [0.717, 1.165) is 12.2 Å². The van der Waals surface area contributed by atoms with Crippen molar-refractivity contribution in [1.29, 1.82) is 0 Å². The molecule has 0 saturated heterocycles. The minimum atomic E-state index is 0.508. The van der Waals surface area contributed by atoms with Crippen molar-refractivity contribution in [2.75, 3.05) is 5.73 Å². The Bertz CT molecular complexity index is 248. The number of nitrogens with two attached hydrogens (primary N) is 1. The van der Waals surface area contributed by atoms with Gasteiger partial charge >= 0.3 is 0 Å². The normalized spacial score (nSPS) is 10.7. The van der Waals surface area contributed by atoms with Gasteiger partial charge in [-0.25, -0.2) is 4.68 Å². The van der Waals surface area contributed by atoms with Crippen molar-refractivity contribution in [2.24, 2.45) is 7.05 Å². The number of nitrogens with zero attached hydrogens (tertiary/aromatic N) is 3. The molecule has 4 heteroatoms. The van der Waals surface area contributed by atoms with Crippen LogP contribution >= 0.6 is 0 Å². The predicted molar refractivity (Wildman–Crippen MR) is 57.9 cm³/mol. The van der Waals surface area contributed by atoms with Crippen molar-refractivity contribution < 1.29 is 0 Å². The lowest BCUT2D eigenvalue weighted by Crippen LogP contribution is -1.97. The van der Waals surface area contributed by atoms with Crippen LogP contribution in [0.25, 0.3) is 0 Å². The fourth-order valence-electron chi connectivity index (χ4n) is 1.44. The molecule has 0 bridgehead atoms. The molecule has 1 rings (SSSR count). The maximum absolute atomic E-state index is 5.58. The third-order valence-corrected chi connectivity index (χ3v) is 2.34. The molecule has 1 aromatic heterocycles. The summed E-state index contributed by atoms with van der Waals surface area (Å²) in [5.74, 6) is 1.38. The van der Waals surface area contributed by atoms with Crippen LogP contribution in [-0.4, -0.2) is 14.8 Å². The Morgan fingerprint density at radius 1 is 1.21 bits per heavy atom. The molecule has 0 saturated carbocycles. The van der Waals surface area contributed by atoms with Gasteiger partial charge in [-0.05, 0) is 6.42 Å². The van der Waals surface area contributed by atoms with Crippen LogP contribution in [0.3, 0.4) is 0 Å². The van der Waals surface area contributed by atoms with E-state index in [1.807, 2.05) is 7.05 Å². The molecule has 4 nitrogen and oxygen atoms in total. The maximum Gasteiger partial charge on any atom is 0.218 e. The molecule has 0 unspecified atom stereocenters. The molecule has 0 aliphatic rings. The summed E-state index contributed by atoms with van der Waals surface area (Å²) in [4.78, 5) is 4.16. The van der Waals surface area contributed by atoms with Crippen LogP contribution in [-0.2, 0) is 13.5 Å². The fraction of sp³-hybridized carbons (Fsp3) is 0.800. The molecule has 0 radical (unpaired) electrons. The summed E-state index contributed by atoms with van der Waals surface area (Å²) in [5, 5.41) is 4.21. The third kappa shape index (κ3) is 3.36. The maximum atomic E-state index is 5.58. The zero-order chi connectivity index (χ0) is 10.4. The number of aromatic nitrogens is 3. The SMILES string of the molecule is CCCCCCCc1nc(N)n(C)n1. The van der Waals surface area contributed by atoms with Crippen molar-refractivity contribution in [3.8, 4) is 0 Å². The highest BCUT2D eigenvalue weighted by Gasteiger charge is 2.02. The molecule has 0 amide bonds. The van der Waals surface area contributed by atoms with Crippen molar-refractivity contribution in [2.45, 2.75) is 45.4 Å². The number of hydrogen-bond acceptors (Lipinski definition) is 3. The van der Waals surface area contributed by atoms with Crippen LogP contribution in [0.1, 0.15) is 44.9 Å². The second-order valence-corrected chi connectivity index (χ2v) is 3.67. The van der Waals surface area contributed by atoms with Crippen molar-refractivity contribution in [1.82, 2.24) is 14.8 Å². The van der Waals surface area contributed by atoms with Gasteiger partial charge in [0.05, 0.1) is 0 Å². The molecule has 0 aromatic carbocycles. The molecule has 1 heterocycles. The highest BCUT2D eigenvalue weighted by Crippen LogP contribution is 2.07. The summed E-state index contributed by atoms with van der Waals surface area (Å²) in [5.41, 5.74) is 5.58. The number of unbranched alkanes of at least 4 members (excludes halogenated alkanes) is 4. The second kappa shape index (κ2) is 5.62. The van der Waals surface area contributed by atoms with Crippen LogP contribution in [0.15, 0.2) is 0 Å². The fourth-order valence-corrected chi connectivity index (χ4v) is 1.44. The Morgan fingerprint density at radius 2 is 1.93 bits per heavy atom. The van der Waals surface area contributed by atoms with Crippen molar-refractivity contribution in [3.63, 3.8) is 0 Å². The summed E-state index contributed by atoms with van der Waals surface area (Å²) in [6.45, 7) is 2.22. The molecule has 0 spiro atoms. The van der Waals surface area contributed by atoms with Gasteiger partial charge < -0.3 is 5.73 Å². The Balaban J connectivity index is 2.18. The average molecular weight is 196 g/mol. The van der Waals surface area contributed by atoms with Crippen LogP contribution in [0.4, 0.5) is 5.95 Å². The number of rotatable bonds is 6. The average Bonchev–Trinajstić information content (AvgIpc) is 2.46. The van der Waals surface area contributed by atoms with E-state index in [1.165, 1.54) is 32.1 Å². The molecule has 2 N–H and O–H groups in total. The quantitative estimate of drug-likeness (QED) is 0.707. The number of nitrogen functional groups attached to an aromatic ring is 1. The van der Waals surface area contributed by atoms with Gasteiger partial charge in [0, 0.05) is 13.5 Å². The van der Waals surface area contributed by atoms with Gasteiger partial charge in [0.15, 0.2) is 5.82 Å². The number of anilines is 1. The van der Waals surface area contributed by atoms with E-state index in [9.17, 15) is 0 Å². The topological polar surface area (TPSA) is 56.7 Å². The summed E-state index contributed by atoms with van der Waals surface area (Å²) < 4.78 is 1.63. The first-order valence-electron chi connectivity index (χ1n) is 5.39. The number of aryl methyl sites for hydroxylation is 2. The summed E-state index contributed by atoms with van der Waals surface area (Å²) in [7, 11) is 1.82. The molecule has 0 aliphatic carbocycles. The monoisotopic (exact) mass is 196 g/mol. The van der Waals surface area contributed by atoms with E-state index in [4.69, 9.17) is 5.73 Å². The van der Waals surface area contributed by atoms with Gasteiger partial charge in [-0.2, -0.15) is 10.1 Å². The molecular formula is C10H20N4. The van der Waals surface area contributed by atoms with Gasteiger partial charge in [-0.15, -0.1) is 0 Å². The highest BCUT2D eigenvalue weighted by molar-refractivity contribution is 5.15. The van der Waals surface area contributed by atoms with Crippen molar-refractivity contribution >= 4 is 5.95 Å². The largest absolute Gasteiger partial charge is 0.368 e. The smallest absolute Gasteiger partial charge is 0.218 e. The summed E-state index contributed by atoms with van der Waals surface area (Å²) in [6.07, 6.45) is 7.33. The molecule has 0 aliphatic heterocycles. The molecule has 14 heavy (non-hydrogen) atoms. The second-order valence-electron chi connectivity index (χ2n) is 3.67. The van der Waals surface area contributed by atoms with Gasteiger partial charge in [-0.3, -0.25) is 0 Å². The first-order chi connectivity index (χ1) is 6.74. The van der Waals surface area contributed by atoms with E-state index in [0.29, 0.717) is 5.95 Å². The lowest BCUT2D eigenvalue weighted by molar-refractivity contribution is 0.619. The summed E-state index contributed by atoms with van der Waals surface area (Å²) in [6, 6.07) is 0. The first-order valence-corrected chi connectivity index (χ1v) is 5.39. The van der Waals surface area contributed by atoms with Crippen LogP contribution in [0, 0.1) is 0 Å². The molecule has 80 valence electrons. The Kier molecular flexibility index (Phi) is 4.43. The Labute approximate surface area is 85.5 Å². The van der Waals surface area contributed by atoms with Gasteiger partial charge in [0.25, 0.3) is 0 Å². The van der Waals surface area contributed by atoms with Crippen LogP contribution in [0.2, 0.25) is 0 Å². The zero-order valence-corrected chi connectivity index (χ0v) is 9.16. The van der Waals surface area contributed by atoms with Gasteiger partial charge in [0.1, 0.15) is 0 Å². The highest BCUT2D eigenvalue weighted by atomic mass is 15.4. The van der Waals surface area contributed by atoms with Crippen LogP contribution in [0.5, 0.6) is 0 Å². The predicted octanol–water partition coefficient (Wildman–Crippen LogP) is 1.91. The van der Waals surface area contributed by atoms with E-state index in [-0.39, 0.29) is 0 Å². The van der Waals surface area contributed by atoms with E-state index in [1.54, 1.807) is 4.68 Å². The zero-order valence-electron chi connectivity index (χ0n) is 9.16. The minimum absolute atomic E-state index is 0.508. The van der Waals surface area contributed by atoms with E-state index >= 15 is 0 Å². The molecule has 0 atom stereocenters. The first kappa shape index (κ1) is 11.0. The van der Waals surface area contributed by atoms with Crippen molar-refractivity contribution in [3.05, 3.63) is 5.82 Å². The van der Waals surface area contributed by atoms with E-state index < -0.39 is 0 Å². The summed E-state index contributed by atoms with van der Waals surface area (Å²) >= 11 is 0. The minimum Gasteiger partial charge on any atom is -0.368 e. The molecular weight excluding hydrogens is 176 g/mol. The number of hydrogen-bond donors (Lipinski definition) is 1. The van der Waals surface area contributed by atoms with E-state index in [2.05, 4.69) is 17.0 Å². The van der Waals surface area contributed by atoms with Gasteiger partial charge in [-0.1, -0.05) is 32.6 Å². The third-order valence-electron chi connectivity index (χ3n) is 2.34. The van der Waals surface area contributed by atoms with Crippen LogP contribution < -0.4 is 5.73 Å².